The third-order valence-electron chi connectivity index (χ3n) is 5.13. The van der Waals surface area contributed by atoms with Crippen molar-refractivity contribution in [3.05, 3.63) is 34.4 Å². The van der Waals surface area contributed by atoms with Crippen LogP contribution < -0.4 is 5.32 Å². The fourth-order valence-corrected chi connectivity index (χ4v) is 4.26. The smallest absolute Gasteiger partial charge is 0.310 e. The highest BCUT2D eigenvalue weighted by Gasteiger charge is 2.63. The Balaban J connectivity index is 1.51. The number of nitrogens with zero attached hydrogens (tertiary/aromatic N) is 1. The number of carbonyl (C=O) groups excluding carboxylic acids is 2. The Morgan fingerprint density at radius 1 is 1.27 bits per heavy atom. The summed E-state index contributed by atoms with van der Waals surface area (Å²) in [5.74, 6) is -0.717. The van der Waals surface area contributed by atoms with E-state index >= 15 is 0 Å². The number of ether oxygens (including phenoxy) is 1. The standard InChI is InChI=1S/C15H14N2O5/c18-14(16-8-1-3-9(4-2-8)17(20)21)12-7-5-10-11(6-7)22-15(19)13(10)12/h1-4,7,10-13H,5-6H2,(H,16,18)/t7-,10+,11+,12-,13-/m1/s1. The quantitative estimate of drug-likeness (QED) is 0.521. The molecule has 1 aromatic carbocycles. The largest absolute Gasteiger partial charge is 0.462 e. The molecular weight excluding hydrogens is 288 g/mol. The lowest BCUT2D eigenvalue weighted by Gasteiger charge is -2.23. The van der Waals surface area contributed by atoms with Gasteiger partial charge in [-0.05, 0) is 30.9 Å². The van der Waals surface area contributed by atoms with Gasteiger partial charge < -0.3 is 10.1 Å². The lowest BCUT2D eigenvalue weighted by Crippen LogP contribution is -2.35. The molecule has 1 heterocycles. The fourth-order valence-electron chi connectivity index (χ4n) is 4.26. The molecule has 2 aliphatic carbocycles. The summed E-state index contributed by atoms with van der Waals surface area (Å²) >= 11 is 0. The van der Waals surface area contributed by atoms with E-state index < -0.39 is 4.92 Å². The number of esters is 1. The molecule has 3 fully saturated rings. The molecule has 1 aromatic rings. The summed E-state index contributed by atoms with van der Waals surface area (Å²) in [4.78, 5) is 34.5. The molecule has 0 aromatic heterocycles. The van der Waals surface area contributed by atoms with E-state index in [0.717, 1.165) is 12.8 Å². The summed E-state index contributed by atoms with van der Waals surface area (Å²) in [5, 5.41) is 13.4. The first-order valence-electron chi connectivity index (χ1n) is 7.30. The number of nitro benzene ring substituents is 1. The molecular formula is C15H14N2O5. The molecule has 3 aliphatic rings. The maximum atomic E-state index is 12.5. The monoisotopic (exact) mass is 302 g/mol. The van der Waals surface area contributed by atoms with Gasteiger partial charge in [-0.2, -0.15) is 0 Å². The van der Waals surface area contributed by atoms with Crippen molar-refractivity contribution in [2.24, 2.45) is 23.7 Å². The van der Waals surface area contributed by atoms with E-state index in [1.165, 1.54) is 24.3 Å². The third kappa shape index (κ3) is 1.81. The van der Waals surface area contributed by atoms with Crippen molar-refractivity contribution in [1.29, 1.82) is 0 Å². The van der Waals surface area contributed by atoms with Crippen LogP contribution in [0.2, 0.25) is 0 Å². The van der Waals surface area contributed by atoms with E-state index in [9.17, 15) is 19.7 Å². The molecule has 2 saturated carbocycles. The average molecular weight is 302 g/mol. The van der Waals surface area contributed by atoms with Crippen molar-refractivity contribution < 1.29 is 19.2 Å². The number of non-ortho nitro benzene ring substituents is 1. The van der Waals surface area contributed by atoms with Crippen molar-refractivity contribution in [2.75, 3.05) is 5.32 Å². The van der Waals surface area contributed by atoms with Crippen LogP contribution >= 0.6 is 0 Å². The highest BCUT2D eigenvalue weighted by Crippen LogP contribution is 2.57. The Kier molecular flexibility index (Phi) is 2.72. The van der Waals surface area contributed by atoms with Gasteiger partial charge in [-0.3, -0.25) is 19.7 Å². The molecule has 22 heavy (non-hydrogen) atoms. The zero-order valence-corrected chi connectivity index (χ0v) is 11.6. The van der Waals surface area contributed by atoms with Gasteiger partial charge in [-0.1, -0.05) is 0 Å². The van der Waals surface area contributed by atoms with Gasteiger partial charge in [0.15, 0.2) is 0 Å². The minimum atomic E-state index is -0.490. The van der Waals surface area contributed by atoms with E-state index in [2.05, 4.69) is 5.32 Å². The number of anilines is 1. The molecule has 2 bridgehead atoms. The van der Waals surface area contributed by atoms with Crippen LogP contribution in [0, 0.1) is 33.8 Å². The molecule has 7 heteroatoms. The van der Waals surface area contributed by atoms with Gasteiger partial charge in [0.05, 0.1) is 16.8 Å². The second-order valence-corrected chi connectivity index (χ2v) is 6.22. The fraction of sp³-hybridized carbons (Fsp3) is 0.467. The SMILES string of the molecule is O=C(Nc1ccc([N+](=O)[O-])cc1)[C@@H]1[C@@H]2C[C@@H]3[C@H]1C(=O)O[C@H]3C2. The second kappa shape index (κ2) is 4.53. The van der Waals surface area contributed by atoms with Crippen LogP contribution in [0.25, 0.3) is 0 Å². The summed E-state index contributed by atoms with van der Waals surface area (Å²) in [7, 11) is 0. The molecule has 0 radical (unpaired) electrons. The van der Waals surface area contributed by atoms with Crippen LogP contribution in [0.5, 0.6) is 0 Å². The first-order chi connectivity index (χ1) is 10.5. The van der Waals surface area contributed by atoms with E-state index in [-0.39, 0.29) is 47.3 Å². The van der Waals surface area contributed by atoms with E-state index in [1.54, 1.807) is 0 Å². The van der Waals surface area contributed by atoms with Gasteiger partial charge in [0, 0.05) is 23.7 Å². The summed E-state index contributed by atoms with van der Waals surface area (Å²) in [6.07, 6.45) is 1.65. The Bertz CT molecular complexity index is 669. The van der Waals surface area contributed by atoms with E-state index in [0.29, 0.717) is 5.69 Å². The van der Waals surface area contributed by atoms with Crippen LogP contribution in [0.4, 0.5) is 11.4 Å². The van der Waals surface area contributed by atoms with Gasteiger partial charge in [0.2, 0.25) is 5.91 Å². The molecule has 0 spiro atoms. The maximum absolute atomic E-state index is 12.5. The molecule has 1 saturated heterocycles. The van der Waals surface area contributed by atoms with Gasteiger partial charge in [-0.25, -0.2) is 0 Å². The minimum Gasteiger partial charge on any atom is -0.462 e. The number of nitro groups is 1. The Morgan fingerprint density at radius 2 is 2.00 bits per heavy atom. The molecule has 5 atom stereocenters. The minimum absolute atomic E-state index is 0.00549. The van der Waals surface area contributed by atoms with E-state index in [1.807, 2.05) is 0 Å². The number of rotatable bonds is 3. The second-order valence-electron chi connectivity index (χ2n) is 6.22. The summed E-state index contributed by atoms with van der Waals surface area (Å²) in [5.41, 5.74) is 0.474. The summed E-state index contributed by atoms with van der Waals surface area (Å²) < 4.78 is 5.32. The van der Waals surface area contributed by atoms with Crippen molar-refractivity contribution in [3.63, 3.8) is 0 Å². The van der Waals surface area contributed by atoms with Gasteiger partial charge in [0.1, 0.15) is 6.10 Å². The highest BCUT2D eigenvalue weighted by molar-refractivity contribution is 5.97. The Labute approximate surface area is 125 Å². The van der Waals surface area contributed by atoms with Gasteiger partial charge in [-0.15, -0.1) is 0 Å². The van der Waals surface area contributed by atoms with Crippen LogP contribution in [0.1, 0.15) is 12.8 Å². The first kappa shape index (κ1) is 13.2. The predicted octanol–water partition coefficient (Wildman–Crippen LogP) is 1.73. The molecule has 4 rings (SSSR count). The average Bonchev–Trinajstić information content (AvgIpc) is 3.09. The molecule has 7 nitrogen and oxygen atoms in total. The number of benzene rings is 1. The van der Waals surface area contributed by atoms with Crippen molar-refractivity contribution in [3.8, 4) is 0 Å². The normalized spacial score (nSPS) is 34.5. The zero-order chi connectivity index (χ0) is 15.4. The maximum Gasteiger partial charge on any atom is 0.310 e. The number of carbonyl (C=O) groups is 2. The molecule has 1 N–H and O–H groups in total. The zero-order valence-electron chi connectivity index (χ0n) is 11.6. The molecule has 114 valence electrons. The highest BCUT2D eigenvalue weighted by atomic mass is 16.6. The first-order valence-corrected chi connectivity index (χ1v) is 7.30. The Morgan fingerprint density at radius 3 is 2.68 bits per heavy atom. The van der Waals surface area contributed by atoms with Crippen molar-refractivity contribution >= 4 is 23.3 Å². The summed E-state index contributed by atoms with van der Waals surface area (Å²) in [6.45, 7) is 0. The van der Waals surface area contributed by atoms with Crippen LogP contribution in [0.3, 0.4) is 0 Å². The third-order valence-corrected chi connectivity index (χ3v) is 5.13. The van der Waals surface area contributed by atoms with Crippen molar-refractivity contribution in [2.45, 2.75) is 18.9 Å². The Hall–Kier alpha value is -2.44. The number of hydrogen-bond donors (Lipinski definition) is 1. The molecule has 1 aliphatic heterocycles. The van der Waals surface area contributed by atoms with Crippen LogP contribution in [-0.2, 0) is 14.3 Å². The number of nitrogens with one attached hydrogen (secondary N) is 1. The number of amides is 1. The molecule has 0 unspecified atom stereocenters. The van der Waals surface area contributed by atoms with E-state index in [4.69, 9.17) is 4.74 Å². The van der Waals surface area contributed by atoms with Crippen LogP contribution in [0.15, 0.2) is 24.3 Å². The predicted molar refractivity (Wildman–Crippen MR) is 74.8 cm³/mol. The van der Waals surface area contributed by atoms with Crippen LogP contribution in [-0.4, -0.2) is 22.9 Å². The van der Waals surface area contributed by atoms with Gasteiger partial charge in [0.25, 0.3) is 5.69 Å². The topological polar surface area (TPSA) is 98.5 Å². The van der Waals surface area contributed by atoms with Crippen molar-refractivity contribution in [1.82, 2.24) is 0 Å². The summed E-state index contributed by atoms with van der Waals surface area (Å²) in [6, 6.07) is 5.69. The lowest BCUT2D eigenvalue weighted by atomic mass is 9.79. The number of hydrogen-bond acceptors (Lipinski definition) is 5. The lowest BCUT2D eigenvalue weighted by molar-refractivity contribution is -0.384. The molecule has 1 amide bonds. The van der Waals surface area contributed by atoms with Gasteiger partial charge >= 0.3 is 5.97 Å². The number of fused-ring (bicyclic) bond motifs is 1.